The molecular weight excluding hydrogens is 234 g/mol. The lowest BCUT2D eigenvalue weighted by atomic mass is 9.89. The Morgan fingerprint density at radius 3 is 2.33 bits per heavy atom. The largest absolute Gasteiger partial charge is 0.480 e. The van der Waals surface area contributed by atoms with Crippen LogP contribution in [0.2, 0.25) is 0 Å². The third-order valence-corrected chi connectivity index (χ3v) is 3.18. The van der Waals surface area contributed by atoms with Crippen molar-refractivity contribution in [1.82, 2.24) is 0 Å². The maximum absolute atomic E-state index is 11.2. The lowest BCUT2D eigenvalue weighted by Crippen LogP contribution is -2.44. The number of rotatable bonds is 3. The van der Waals surface area contributed by atoms with Crippen LogP contribution in [0.25, 0.3) is 0 Å². The van der Waals surface area contributed by atoms with Crippen LogP contribution in [0.4, 0.5) is 0 Å². The Hall–Kier alpha value is -2.14. The molecule has 0 saturated carbocycles. The zero-order chi connectivity index (χ0) is 13.3. The fourth-order valence-electron chi connectivity index (χ4n) is 2.23. The Morgan fingerprint density at radius 2 is 1.83 bits per heavy atom. The van der Waals surface area contributed by atoms with Crippen molar-refractivity contribution in [2.75, 3.05) is 0 Å². The molecule has 1 aliphatic carbocycles. The molecule has 0 amide bonds. The predicted octanol–water partition coefficient (Wildman–Crippen LogP) is 0.967. The van der Waals surface area contributed by atoms with Gasteiger partial charge in [0.1, 0.15) is 5.54 Å². The molecule has 18 heavy (non-hydrogen) atoms. The van der Waals surface area contributed by atoms with Gasteiger partial charge in [-0.1, -0.05) is 30.3 Å². The number of carboxylic acids is 2. The summed E-state index contributed by atoms with van der Waals surface area (Å²) < 4.78 is 0. The molecule has 0 radical (unpaired) electrons. The van der Waals surface area contributed by atoms with E-state index >= 15 is 0 Å². The first-order chi connectivity index (χ1) is 8.44. The van der Waals surface area contributed by atoms with Crippen molar-refractivity contribution in [2.24, 2.45) is 5.73 Å². The van der Waals surface area contributed by atoms with E-state index in [1.54, 1.807) is 24.3 Å². The SMILES string of the molecule is N[C@@]1(C(=O)O)C=C(C(=O)O)[C@@H](c2ccccc2)C1. The smallest absolute Gasteiger partial charge is 0.331 e. The summed E-state index contributed by atoms with van der Waals surface area (Å²) in [5.41, 5.74) is 4.93. The third-order valence-electron chi connectivity index (χ3n) is 3.18. The molecule has 0 saturated heterocycles. The Balaban J connectivity index is 2.43. The molecule has 0 fully saturated rings. The molecule has 2 atom stereocenters. The summed E-state index contributed by atoms with van der Waals surface area (Å²) in [5.74, 6) is -2.82. The van der Waals surface area contributed by atoms with Crippen molar-refractivity contribution in [2.45, 2.75) is 17.9 Å². The third kappa shape index (κ3) is 2.00. The Labute approximate surface area is 104 Å². The first-order valence-corrected chi connectivity index (χ1v) is 5.47. The average molecular weight is 247 g/mol. The molecule has 0 spiro atoms. The molecular formula is C13H13NO4. The average Bonchev–Trinajstić information content (AvgIpc) is 2.70. The highest BCUT2D eigenvalue weighted by Gasteiger charge is 2.44. The molecule has 1 aromatic rings. The second kappa shape index (κ2) is 4.27. The van der Waals surface area contributed by atoms with Crippen LogP contribution in [0.15, 0.2) is 42.0 Å². The van der Waals surface area contributed by atoms with Gasteiger partial charge in [-0.25, -0.2) is 9.59 Å². The van der Waals surface area contributed by atoms with Gasteiger partial charge in [-0.3, -0.25) is 0 Å². The van der Waals surface area contributed by atoms with Gasteiger partial charge in [-0.15, -0.1) is 0 Å². The number of hydrogen-bond donors (Lipinski definition) is 3. The quantitative estimate of drug-likeness (QED) is 0.738. The molecule has 5 nitrogen and oxygen atoms in total. The number of carboxylic acid groups (broad SMARTS) is 2. The second-order valence-corrected chi connectivity index (χ2v) is 4.42. The number of nitrogens with two attached hydrogens (primary N) is 1. The molecule has 5 heteroatoms. The lowest BCUT2D eigenvalue weighted by Gasteiger charge is -2.18. The van der Waals surface area contributed by atoms with Crippen molar-refractivity contribution in [3.8, 4) is 0 Å². The van der Waals surface area contributed by atoms with E-state index in [9.17, 15) is 9.59 Å². The Bertz CT molecular complexity index is 523. The normalized spacial score (nSPS) is 26.7. The maximum atomic E-state index is 11.2. The van der Waals surface area contributed by atoms with Gasteiger partial charge in [0.05, 0.1) is 0 Å². The van der Waals surface area contributed by atoms with Crippen LogP contribution in [0.5, 0.6) is 0 Å². The van der Waals surface area contributed by atoms with Crippen LogP contribution in [0, 0.1) is 0 Å². The zero-order valence-corrected chi connectivity index (χ0v) is 9.54. The Kier molecular flexibility index (Phi) is 2.92. The molecule has 2 rings (SSSR count). The summed E-state index contributed by atoms with van der Waals surface area (Å²) in [6.45, 7) is 0. The van der Waals surface area contributed by atoms with Crippen LogP contribution in [0.1, 0.15) is 17.9 Å². The van der Waals surface area contributed by atoms with Crippen LogP contribution >= 0.6 is 0 Å². The highest BCUT2D eigenvalue weighted by atomic mass is 16.4. The molecule has 4 N–H and O–H groups in total. The molecule has 0 heterocycles. The number of carbonyl (C=O) groups is 2. The van der Waals surface area contributed by atoms with Crippen LogP contribution in [-0.2, 0) is 9.59 Å². The standard InChI is InChI=1S/C13H13NO4/c14-13(12(17)18)6-9(10(7-13)11(15)16)8-4-2-1-3-5-8/h1-5,7,9H,6,14H2,(H,15,16)(H,17,18)/t9-,13-/m1/s1. The van der Waals surface area contributed by atoms with Crippen LogP contribution in [0.3, 0.4) is 0 Å². The lowest BCUT2D eigenvalue weighted by molar-refractivity contribution is -0.141. The van der Waals surface area contributed by atoms with Crippen molar-refractivity contribution in [1.29, 1.82) is 0 Å². The zero-order valence-electron chi connectivity index (χ0n) is 9.54. The van der Waals surface area contributed by atoms with Gasteiger partial charge in [-0.05, 0) is 18.1 Å². The molecule has 0 bridgehead atoms. The molecule has 94 valence electrons. The summed E-state index contributed by atoms with van der Waals surface area (Å²) in [5, 5.41) is 18.2. The fraction of sp³-hybridized carbons (Fsp3) is 0.231. The molecule has 0 unspecified atom stereocenters. The minimum absolute atomic E-state index is 0.0473. The maximum Gasteiger partial charge on any atom is 0.331 e. The number of aliphatic carboxylic acids is 2. The molecule has 1 aromatic carbocycles. The van der Waals surface area contributed by atoms with Crippen molar-refractivity contribution >= 4 is 11.9 Å². The van der Waals surface area contributed by atoms with Crippen LogP contribution < -0.4 is 5.73 Å². The van der Waals surface area contributed by atoms with Crippen LogP contribution in [-0.4, -0.2) is 27.7 Å². The number of hydrogen-bond acceptors (Lipinski definition) is 3. The van der Waals surface area contributed by atoms with E-state index in [1.807, 2.05) is 6.07 Å². The van der Waals surface area contributed by atoms with E-state index in [0.717, 1.165) is 11.6 Å². The minimum atomic E-state index is -1.60. The van der Waals surface area contributed by atoms with E-state index in [1.165, 1.54) is 0 Å². The first kappa shape index (κ1) is 12.3. The monoisotopic (exact) mass is 247 g/mol. The van der Waals surface area contributed by atoms with E-state index in [0.29, 0.717) is 0 Å². The fourth-order valence-corrected chi connectivity index (χ4v) is 2.23. The summed E-state index contributed by atoms with van der Waals surface area (Å²) in [6.07, 6.45) is 1.21. The summed E-state index contributed by atoms with van der Waals surface area (Å²) in [7, 11) is 0. The van der Waals surface area contributed by atoms with E-state index < -0.39 is 23.4 Å². The highest BCUT2D eigenvalue weighted by molar-refractivity contribution is 5.94. The predicted molar refractivity (Wildman–Crippen MR) is 64.1 cm³/mol. The van der Waals surface area contributed by atoms with Gasteiger partial charge >= 0.3 is 11.9 Å². The van der Waals surface area contributed by atoms with Crippen molar-refractivity contribution < 1.29 is 19.8 Å². The van der Waals surface area contributed by atoms with Gasteiger partial charge < -0.3 is 15.9 Å². The first-order valence-electron chi connectivity index (χ1n) is 5.47. The van der Waals surface area contributed by atoms with Gasteiger partial charge in [0.25, 0.3) is 0 Å². The van der Waals surface area contributed by atoms with Crippen molar-refractivity contribution in [3.63, 3.8) is 0 Å². The summed E-state index contributed by atoms with van der Waals surface area (Å²) in [6, 6.07) is 8.93. The van der Waals surface area contributed by atoms with E-state index in [4.69, 9.17) is 15.9 Å². The van der Waals surface area contributed by atoms with E-state index in [2.05, 4.69) is 0 Å². The second-order valence-electron chi connectivity index (χ2n) is 4.42. The van der Waals surface area contributed by atoms with Gasteiger partial charge in [-0.2, -0.15) is 0 Å². The molecule has 0 aliphatic heterocycles. The van der Waals surface area contributed by atoms with E-state index in [-0.39, 0.29) is 12.0 Å². The number of benzene rings is 1. The highest BCUT2D eigenvalue weighted by Crippen LogP contribution is 2.39. The molecule has 1 aliphatic rings. The van der Waals surface area contributed by atoms with Crippen molar-refractivity contribution in [3.05, 3.63) is 47.5 Å². The minimum Gasteiger partial charge on any atom is -0.480 e. The van der Waals surface area contributed by atoms with Gasteiger partial charge in [0.15, 0.2) is 0 Å². The Morgan fingerprint density at radius 1 is 1.22 bits per heavy atom. The topological polar surface area (TPSA) is 101 Å². The summed E-state index contributed by atoms with van der Waals surface area (Å²) in [4.78, 5) is 22.3. The van der Waals surface area contributed by atoms with Gasteiger partial charge in [0.2, 0.25) is 0 Å². The van der Waals surface area contributed by atoms with Gasteiger partial charge in [0, 0.05) is 11.5 Å². The molecule has 0 aromatic heterocycles. The summed E-state index contributed by atoms with van der Waals surface area (Å²) >= 11 is 0.